The number of rotatable bonds is 7. The number of fused-ring (bicyclic) bond motifs is 1. The topological polar surface area (TPSA) is 73.8 Å². The zero-order chi connectivity index (χ0) is 16.1. The fourth-order valence-corrected chi connectivity index (χ4v) is 2.78. The molecule has 0 spiro atoms. The van der Waals surface area contributed by atoms with Crippen molar-refractivity contribution in [2.24, 2.45) is 0 Å². The molecule has 5 nitrogen and oxygen atoms in total. The third-order valence-electron chi connectivity index (χ3n) is 3.70. The third kappa shape index (κ3) is 3.81. The number of aromatic amines is 1. The number of aliphatic hydroxyl groups is 1. The van der Waals surface area contributed by atoms with E-state index in [2.05, 4.69) is 20.3 Å². The van der Waals surface area contributed by atoms with Gasteiger partial charge in [-0.15, -0.1) is 0 Å². The highest BCUT2D eigenvalue weighted by molar-refractivity contribution is 6.29. The Morgan fingerprint density at radius 1 is 1.22 bits per heavy atom. The molecule has 3 heterocycles. The molecular formula is C17H19ClN4O. The second kappa shape index (κ2) is 7.44. The molecule has 0 radical (unpaired) electrons. The molecule has 0 saturated carbocycles. The monoisotopic (exact) mass is 330 g/mol. The quantitative estimate of drug-likeness (QED) is 0.454. The molecule has 120 valence electrons. The van der Waals surface area contributed by atoms with Crippen LogP contribution in [-0.4, -0.2) is 33.2 Å². The molecule has 3 N–H and O–H groups in total. The van der Waals surface area contributed by atoms with Gasteiger partial charge >= 0.3 is 0 Å². The molecule has 3 aromatic rings. The van der Waals surface area contributed by atoms with E-state index in [1.165, 1.54) is 0 Å². The molecular weight excluding hydrogens is 312 g/mol. The van der Waals surface area contributed by atoms with Crippen LogP contribution >= 0.6 is 11.6 Å². The van der Waals surface area contributed by atoms with E-state index >= 15 is 0 Å². The van der Waals surface area contributed by atoms with Crippen molar-refractivity contribution < 1.29 is 5.11 Å². The average molecular weight is 331 g/mol. The van der Waals surface area contributed by atoms with Crippen molar-refractivity contribution in [3.05, 3.63) is 41.8 Å². The van der Waals surface area contributed by atoms with Crippen LogP contribution in [0.1, 0.15) is 19.3 Å². The highest BCUT2D eigenvalue weighted by atomic mass is 35.5. The molecule has 23 heavy (non-hydrogen) atoms. The average Bonchev–Trinajstić information content (AvgIpc) is 2.98. The van der Waals surface area contributed by atoms with E-state index < -0.39 is 0 Å². The first kappa shape index (κ1) is 15.8. The fourth-order valence-electron chi connectivity index (χ4n) is 2.57. The number of hydrogen-bond acceptors (Lipinski definition) is 4. The van der Waals surface area contributed by atoms with Gasteiger partial charge in [-0.05, 0) is 49.1 Å². The lowest BCUT2D eigenvalue weighted by Crippen LogP contribution is -2.04. The van der Waals surface area contributed by atoms with Crippen LogP contribution in [0.15, 0.2) is 36.7 Å². The van der Waals surface area contributed by atoms with Gasteiger partial charge in [0, 0.05) is 36.5 Å². The molecule has 0 amide bonds. The summed E-state index contributed by atoms with van der Waals surface area (Å²) in [6, 6.07) is 7.80. The van der Waals surface area contributed by atoms with Crippen LogP contribution in [-0.2, 0) is 0 Å². The van der Waals surface area contributed by atoms with Crippen molar-refractivity contribution in [1.29, 1.82) is 0 Å². The zero-order valence-electron chi connectivity index (χ0n) is 12.7. The Kier molecular flexibility index (Phi) is 5.10. The molecule has 0 bridgehead atoms. The fraction of sp³-hybridized carbons (Fsp3) is 0.294. The number of pyridine rings is 2. The first-order chi connectivity index (χ1) is 11.3. The smallest absolute Gasteiger partial charge is 0.137 e. The number of aliphatic hydroxyl groups excluding tert-OH is 1. The highest BCUT2D eigenvalue weighted by Gasteiger charge is 2.09. The summed E-state index contributed by atoms with van der Waals surface area (Å²) in [7, 11) is 0. The number of nitrogens with zero attached hydrogens (tertiary/aromatic N) is 2. The normalized spacial score (nSPS) is 11.0. The van der Waals surface area contributed by atoms with Gasteiger partial charge in [-0.25, -0.2) is 9.97 Å². The standard InChI is InChI=1S/C17H19ClN4O/c18-15-9-12(10-16(22-15)19-6-2-1-3-8-23)14-11-21-17-13(14)5-4-7-20-17/h4-5,7,9-11,23H,1-3,6,8H2,(H,19,22)(H,20,21). The Morgan fingerprint density at radius 3 is 3.00 bits per heavy atom. The van der Waals surface area contributed by atoms with E-state index in [1.807, 2.05) is 30.5 Å². The van der Waals surface area contributed by atoms with Gasteiger partial charge in [0.15, 0.2) is 0 Å². The molecule has 0 aliphatic heterocycles. The molecule has 0 fully saturated rings. The number of aromatic nitrogens is 3. The second-order valence-electron chi connectivity index (χ2n) is 5.38. The van der Waals surface area contributed by atoms with Crippen molar-refractivity contribution in [2.75, 3.05) is 18.5 Å². The summed E-state index contributed by atoms with van der Waals surface area (Å²) in [5.41, 5.74) is 2.91. The second-order valence-corrected chi connectivity index (χ2v) is 5.76. The zero-order valence-corrected chi connectivity index (χ0v) is 13.5. The van der Waals surface area contributed by atoms with Gasteiger partial charge in [0.25, 0.3) is 0 Å². The first-order valence-electron chi connectivity index (χ1n) is 7.73. The minimum absolute atomic E-state index is 0.244. The molecule has 0 aromatic carbocycles. The number of halogens is 1. The number of anilines is 1. The van der Waals surface area contributed by atoms with E-state index in [4.69, 9.17) is 16.7 Å². The number of hydrogen-bond donors (Lipinski definition) is 3. The Morgan fingerprint density at radius 2 is 2.13 bits per heavy atom. The first-order valence-corrected chi connectivity index (χ1v) is 8.10. The predicted octanol–water partition coefficient (Wildman–Crippen LogP) is 3.85. The lowest BCUT2D eigenvalue weighted by Gasteiger charge is -2.08. The Hall–Kier alpha value is -2.11. The van der Waals surface area contributed by atoms with Crippen LogP contribution in [0.5, 0.6) is 0 Å². The summed E-state index contributed by atoms with van der Waals surface area (Å²) in [5.74, 6) is 0.759. The summed E-state index contributed by atoms with van der Waals surface area (Å²) in [6.07, 6.45) is 6.51. The van der Waals surface area contributed by atoms with Crippen molar-refractivity contribution in [2.45, 2.75) is 19.3 Å². The Labute approximate surface area is 139 Å². The minimum atomic E-state index is 0.244. The largest absolute Gasteiger partial charge is 0.396 e. The van der Waals surface area contributed by atoms with Crippen LogP contribution in [0, 0.1) is 0 Å². The van der Waals surface area contributed by atoms with E-state index in [1.54, 1.807) is 6.20 Å². The number of nitrogens with one attached hydrogen (secondary N) is 2. The lowest BCUT2D eigenvalue weighted by molar-refractivity contribution is 0.283. The van der Waals surface area contributed by atoms with Crippen molar-refractivity contribution >= 4 is 28.5 Å². The van der Waals surface area contributed by atoms with Crippen LogP contribution in [0.2, 0.25) is 5.15 Å². The van der Waals surface area contributed by atoms with Crippen LogP contribution in [0.4, 0.5) is 5.82 Å². The van der Waals surface area contributed by atoms with Crippen molar-refractivity contribution in [1.82, 2.24) is 15.0 Å². The molecule has 0 unspecified atom stereocenters. The maximum atomic E-state index is 8.79. The predicted molar refractivity (Wildman–Crippen MR) is 93.8 cm³/mol. The van der Waals surface area contributed by atoms with Crippen molar-refractivity contribution in [3.8, 4) is 11.1 Å². The maximum Gasteiger partial charge on any atom is 0.137 e. The minimum Gasteiger partial charge on any atom is -0.396 e. The summed E-state index contributed by atoms with van der Waals surface area (Å²) in [6.45, 7) is 1.05. The molecule has 0 saturated heterocycles. The summed E-state index contributed by atoms with van der Waals surface area (Å²) in [4.78, 5) is 11.8. The molecule has 0 aliphatic rings. The lowest BCUT2D eigenvalue weighted by atomic mass is 10.1. The highest BCUT2D eigenvalue weighted by Crippen LogP contribution is 2.30. The van der Waals surface area contributed by atoms with Gasteiger partial charge < -0.3 is 15.4 Å². The van der Waals surface area contributed by atoms with Crippen LogP contribution in [0.25, 0.3) is 22.2 Å². The van der Waals surface area contributed by atoms with E-state index in [9.17, 15) is 0 Å². The number of unbranched alkanes of at least 4 members (excludes halogenated alkanes) is 2. The molecule has 6 heteroatoms. The Bertz CT molecular complexity index is 787. The van der Waals surface area contributed by atoms with Crippen LogP contribution < -0.4 is 5.32 Å². The van der Waals surface area contributed by atoms with Gasteiger partial charge in [-0.3, -0.25) is 0 Å². The molecule has 3 aromatic heterocycles. The summed E-state index contributed by atoms with van der Waals surface area (Å²) in [5, 5.41) is 13.6. The molecule has 0 atom stereocenters. The number of H-pyrrole nitrogens is 1. The van der Waals surface area contributed by atoms with Gasteiger partial charge in [-0.1, -0.05) is 11.6 Å². The van der Waals surface area contributed by atoms with Crippen molar-refractivity contribution in [3.63, 3.8) is 0 Å². The van der Waals surface area contributed by atoms with Gasteiger partial charge in [0.1, 0.15) is 16.6 Å². The van der Waals surface area contributed by atoms with Crippen LogP contribution in [0.3, 0.4) is 0 Å². The Balaban J connectivity index is 1.80. The molecule has 3 rings (SSSR count). The van der Waals surface area contributed by atoms with E-state index in [0.29, 0.717) is 5.15 Å². The third-order valence-corrected chi connectivity index (χ3v) is 3.89. The summed E-state index contributed by atoms with van der Waals surface area (Å²) >= 11 is 6.17. The maximum absolute atomic E-state index is 8.79. The van der Waals surface area contributed by atoms with Gasteiger partial charge in [0.05, 0.1) is 0 Å². The van der Waals surface area contributed by atoms with Gasteiger partial charge in [-0.2, -0.15) is 0 Å². The van der Waals surface area contributed by atoms with Gasteiger partial charge in [0.2, 0.25) is 0 Å². The SMILES string of the molecule is OCCCCCNc1cc(-c2c[nH]c3ncccc23)cc(Cl)n1. The summed E-state index contributed by atoms with van der Waals surface area (Å²) < 4.78 is 0. The van der Waals surface area contributed by atoms with E-state index in [0.717, 1.165) is 53.8 Å². The van der Waals surface area contributed by atoms with E-state index in [-0.39, 0.29) is 6.61 Å². The molecule has 0 aliphatic carbocycles.